The molecule has 0 atom stereocenters. The molecule has 8 nitrogen and oxygen atoms in total. The molecule has 2 aromatic rings. The number of benzene rings is 1. The smallest absolute Gasteiger partial charge is 0.305 e. The number of hydrogen-bond donors (Lipinski definition) is 1. The highest BCUT2D eigenvalue weighted by molar-refractivity contribution is 5.82. The minimum Gasteiger partial charge on any atom is -0.493 e. The molecule has 24 heavy (non-hydrogen) atoms. The highest BCUT2D eigenvalue weighted by atomic mass is 16.5. The summed E-state index contributed by atoms with van der Waals surface area (Å²) in [5.41, 5.74) is 6.03. The van der Waals surface area contributed by atoms with E-state index in [4.69, 9.17) is 19.9 Å². The van der Waals surface area contributed by atoms with Crippen LogP contribution in [0.5, 0.6) is 11.5 Å². The van der Waals surface area contributed by atoms with E-state index in [1.54, 1.807) is 19.1 Å². The van der Waals surface area contributed by atoms with Crippen LogP contribution in [0.3, 0.4) is 0 Å². The molecule has 0 amide bonds. The molecule has 8 heteroatoms. The first-order chi connectivity index (χ1) is 11.5. The summed E-state index contributed by atoms with van der Waals surface area (Å²) in [4.78, 5) is 28.3. The van der Waals surface area contributed by atoms with Gasteiger partial charge in [0.15, 0.2) is 11.5 Å². The summed E-state index contributed by atoms with van der Waals surface area (Å²) in [5.74, 6) is 0.691. The van der Waals surface area contributed by atoms with E-state index in [2.05, 4.69) is 4.98 Å². The van der Waals surface area contributed by atoms with Gasteiger partial charge in [0, 0.05) is 19.0 Å². The van der Waals surface area contributed by atoms with Crippen molar-refractivity contribution >= 4 is 22.8 Å². The molecule has 0 aliphatic rings. The normalized spacial score (nSPS) is 10.6. The topological polar surface area (TPSA) is 106 Å². The lowest BCUT2D eigenvalue weighted by atomic mass is 10.2. The standard InChI is InChI=1S/C16H21N3O5/c1-4-24-14(20)6-5-7-19-15(21)10-8-12(22-2)13(23-3)9-11(10)18-16(19)17/h8-9H,4-7H2,1-3H3,(H2,17,18). The Morgan fingerprint density at radius 3 is 2.54 bits per heavy atom. The zero-order chi connectivity index (χ0) is 17.7. The SMILES string of the molecule is CCOC(=O)CCCn1c(N)nc2cc(OC)c(OC)cc2c1=O. The summed E-state index contributed by atoms with van der Waals surface area (Å²) in [6.45, 7) is 2.36. The fourth-order valence-corrected chi connectivity index (χ4v) is 2.40. The van der Waals surface area contributed by atoms with Crippen LogP contribution >= 0.6 is 0 Å². The Hall–Kier alpha value is -2.77. The molecule has 2 rings (SSSR count). The zero-order valence-corrected chi connectivity index (χ0v) is 14.0. The van der Waals surface area contributed by atoms with Crippen molar-refractivity contribution in [3.63, 3.8) is 0 Å². The number of carbonyl (C=O) groups excluding carboxylic acids is 1. The molecular formula is C16H21N3O5. The zero-order valence-electron chi connectivity index (χ0n) is 14.0. The van der Waals surface area contributed by atoms with Crippen molar-refractivity contribution in [3.8, 4) is 11.5 Å². The summed E-state index contributed by atoms with van der Waals surface area (Å²) in [5, 5.41) is 0.373. The maximum Gasteiger partial charge on any atom is 0.305 e. The average Bonchev–Trinajstić information content (AvgIpc) is 2.57. The van der Waals surface area contributed by atoms with Crippen molar-refractivity contribution in [1.29, 1.82) is 0 Å². The second-order valence-corrected chi connectivity index (χ2v) is 5.06. The van der Waals surface area contributed by atoms with Crippen LogP contribution < -0.4 is 20.8 Å². The number of nitrogens with zero attached hydrogens (tertiary/aromatic N) is 2. The first kappa shape index (κ1) is 17.6. The van der Waals surface area contributed by atoms with Crippen LogP contribution in [0.4, 0.5) is 5.95 Å². The molecule has 2 N–H and O–H groups in total. The van der Waals surface area contributed by atoms with Gasteiger partial charge >= 0.3 is 5.97 Å². The summed E-state index contributed by atoms with van der Waals surface area (Å²) < 4.78 is 16.6. The summed E-state index contributed by atoms with van der Waals surface area (Å²) in [7, 11) is 3.00. The number of hydrogen-bond acceptors (Lipinski definition) is 7. The number of aromatic nitrogens is 2. The second-order valence-electron chi connectivity index (χ2n) is 5.06. The van der Waals surface area contributed by atoms with Crippen LogP contribution in [0, 0.1) is 0 Å². The minimum absolute atomic E-state index is 0.0866. The quantitative estimate of drug-likeness (QED) is 0.761. The van der Waals surface area contributed by atoms with E-state index in [1.807, 2.05) is 0 Å². The molecule has 0 bridgehead atoms. The van der Waals surface area contributed by atoms with E-state index >= 15 is 0 Å². The van der Waals surface area contributed by atoms with E-state index in [0.717, 1.165) is 0 Å². The maximum atomic E-state index is 12.6. The first-order valence-electron chi connectivity index (χ1n) is 7.59. The molecule has 0 radical (unpaired) electrons. The summed E-state index contributed by atoms with van der Waals surface area (Å²) >= 11 is 0. The van der Waals surface area contributed by atoms with E-state index in [-0.39, 0.29) is 30.4 Å². The van der Waals surface area contributed by atoms with Crippen LogP contribution in [0.15, 0.2) is 16.9 Å². The molecule has 1 aromatic carbocycles. The largest absolute Gasteiger partial charge is 0.493 e. The third-order valence-corrected chi connectivity index (χ3v) is 3.56. The summed E-state index contributed by atoms with van der Waals surface area (Å²) in [6.07, 6.45) is 0.646. The number of nitrogens with two attached hydrogens (primary N) is 1. The molecule has 0 aliphatic heterocycles. The van der Waals surface area contributed by atoms with E-state index < -0.39 is 0 Å². The Balaban J connectivity index is 2.34. The van der Waals surface area contributed by atoms with Crippen molar-refractivity contribution in [3.05, 3.63) is 22.5 Å². The monoisotopic (exact) mass is 335 g/mol. The highest BCUT2D eigenvalue weighted by Gasteiger charge is 2.14. The van der Waals surface area contributed by atoms with E-state index in [1.165, 1.54) is 18.8 Å². The minimum atomic E-state index is -0.302. The van der Waals surface area contributed by atoms with Gasteiger partial charge in [-0.3, -0.25) is 14.2 Å². The lowest BCUT2D eigenvalue weighted by Gasteiger charge is -2.12. The number of fused-ring (bicyclic) bond motifs is 1. The van der Waals surface area contributed by atoms with Crippen LogP contribution in [0.1, 0.15) is 19.8 Å². The van der Waals surface area contributed by atoms with E-state index in [0.29, 0.717) is 35.4 Å². The lowest BCUT2D eigenvalue weighted by Crippen LogP contribution is -2.25. The number of methoxy groups -OCH3 is 2. The number of esters is 1. The molecule has 1 aromatic heterocycles. The summed E-state index contributed by atoms with van der Waals surface area (Å²) in [6, 6.07) is 3.18. The van der Waals surface area contributed by atoms with E-state index in [9.17, 15) is 9.59 Å². The second kappa shape index (κ2) is 7.67. The van der Waals surface area contributed by atoms with Gasteiger partial charge in [-0.25, -0.2) is 4.98 Å². The van der Waals surface area contributed by atoms with Crippen molar-refractivity contribution in [2.75, 3.05) is 26.6 Å². The third-order valence-electron chi connectivity index (χ3n) is 3.56. The van der Waals surface area contributed by atoms with Gasteiger partial charge in [0.05, 0.1) is 31.7 Å². The van der Waals surface area contributed by atoms with Gasteiger partial charge in [-0.1, -0.05) is 0 Å². The number of nitrogen functional groups attached to an aromatic ring is 1. The van der Waals surface area contributed by atoms with Crippen molar-refractivity contribution < 1.29 is 19.0 Å². The van der Waals surface area contributed by atoms with Gasteiger partial charge < -0.3 is 19.9 Å². The van der Waals surface area contributed by atoms with Gasteiger partial charge in [-0.15, -0.1) is 0 Å². The van der Waals surface area contributed by atoms with Crippen LogP contribution in [0.2, 0.25) is 0 Å². The fourth-order valence-electron chi connectivity index (χ4n) is 2.40. The van der Waals surface area contributed by atoms with Gasteiger partial charge in [0.2, 0.25) is 5.95 Å². The molecular weight excluding hydrogens is 314 g/mol. The van der Waals surface area contributed by atoms with Crippen LogP contribution in [-0.4, -0.2) is 36.3 Å². The average molecular weight is 335 g/mol. The fraction of sp³-hybridized carbons (Fsp3) is 0.438. The molecule has 0 spiro atoms. The predicted molar refractivity (Wildman–Crippen MR) is 89.4 cm³/mol. The molecule has 1 heterocycles. The van der Waals surface area contributed by atoms with Gasteiger partial charge in [-0.2, -0.15) is 0 Å². The highest BCUT2D eigenvalue weighted by Crippen LogP contribution is 2.30. The van der Waals surface area contributed by atoms with Gasteiger partial charge in [0.1, 0.15) is 0 Å². The predicted octanol–water partition coefficient (Wildman–Crippen LogP) is 1.34. The van der Waals surface area contributed by atoms with Gasteiger partial charge in [-0.05, 0) is 19.4 Å². The number of rotatable bonds is 7. The molecule has 130 valence electrons. The molecule has 0 fully saturated rings. The molecule has 0 saturated carbocycles. The molecule has 0 aliphatic carbocycles. The Morgan fingerprint density at radius 1 is 1.25 bits per heavy atom. The van der Waals surface area contributed by atoms with Crippen LogP contribution in [-0.2, 0) is 16.1 Å². The molecule has 0 saturated heterocycles. The van der Waals surface area contributed by atoms with Crippen molar-refractivity contribution in [2.45, 2.75) is 26.3 Å². The number of carbonyl (C=O) groups is 1. The Morgan fingerprint density at radius 2 is 1.92 bits per heavy atom. The maximum absolute atomic E-state index is 12.6. The Bertz CT molecular complexity index is 800. The van der Waals surface area contributed by atoms with Gasteiger partial charge in [0.25, 0.3) is 5.56 Å². The Kier molecular flexibility index (Phi) is 5.62. The number of ether oxygens (including phenoxy) is 3. The Labute approximate surface area is 139 Å². The first-order valence-corrected chi connectivity index (χ1v) is 7.59. The third kappa shape index (κ3) is 3.58. The van der Waals surface area contributed by atoms with Crippen LogP contribution in [0.25, 0.3) is 10.9 Å². The van der Waals surface area contributed by atoms with Crippen molar-refractivity contribution in [1.82, 2.24) is 9.55 Å². The van der Waals surface area contributed by atoms with Crippen molar-refractivity contribution in [2.24, 2.45) is 0 Å². The number of anilines is 1. The lowest BCUT2D eigenvalue weighted by molar-refractivity contribution is -0.143. The molecule has 0 unspecified atom stereocenters.